The number of nitrogens with zero attached hydrogens (tertiary/aromatic N) is 3. The standard InChI is InChI=1S/C21H19N3O2/c1-3-23(4-2)20(25)16-13-19-22-17-11-7-5-10-15(17)21(26)24(19)18-12-8-6-9-14(16)18/h5-13H,3-4H2,1-2H3. The molecule has 5 heteroatoms. The van der Waals surface area contributed by atoms with Crippen molar-refractivity contribution in [2.24, 2.45) is 0 Å². The second kappa shape index (κ2) is 6.26. The van der Waals surface area contributed by atoms with Gasteiger partial charge in [-0.25, -0.2) is 4.98 Å². The van der Waals surface area contributed by atoms with E-state index in [-0.39, 0.29) is 11.5 Å². The van der Waals surface area contributed by atoms with Crippen LogP contribution in [0.5, 0.6) is 0 Å². The first kappa shape index (κ1) is 16.3. The second-order valence-electron chi connectivity index (χ2n) is 6.18. The van der Waals surface area contributed by atoms with Crippen LogP contribution in [0.25, 0.3) is 27.5 Å². The number of benzene rings is 2. The highest BCUT2D eigenvalue weighted by Gasteiger charge is 2.19. The molecule has 0 aliphatic heterocycles. The van der Waals surface area contributed by atoms with E-state index in [2.05, 4.69) is 4.98 Å². The minimum atomic E-state index is -0.122. The lowest BCUT2D eigenvalue weighted by atomic mass is 10.1. The van der Waals surface area contributed by atoms with E-state index in [1.807, 2.05) is 56.3 Å². The normalized spacial score (nSPS) is 11.3. The van der Waals surface area contributed by atoms with Gasteiger partial charge < -0.3 is 4.90 Å². The molecule has 1 amide bonds. The maximum Gasteiger partial charge on any atom is 0.266 e. The average molecular weight is 345 g/mol. The molecular formula is C21H19N3O2. The first-order valence-electron chi connectivity index (χ1n) is 8.78. The fourth-order valence-electron chi connectivity index (χ4n) is 3.44. The number of fused-ring (bicyclic) bond motifs is 4. The van der Waals surface area contributed by atoms with E-state index < -0.39 is 0 Å². The Hall–Kier alpha value is -3.21. The summed E-state index contributed by atoms with van der Waals surface area (Å²) in [6.07, 6.45) is 0. The summed E-state index contributed by atoms with van der Waals surface area (Å²) in [7, 11) is 0. The molecule has 0 fully saturated rings. The monoisotopic (exact) mass is 345 g/mol. The van der Waals surface area contributed by atoms with Gasteiger partial charge in [-0.3, -0.25) is 14.0 Å². The van der Waals surface area contributed by atoms with Gasteiger partial charge in [0.15, 0.2) is 0 Å². The molecule has 0 atom stereocenters. The first-order chi connectivity index (χ1) is 12.7. The molecule has 0 aliphatic carbocycles. The Bertz CT molecular complexity index is 1210. The van der Waals surface area contributed by atoms with Gasteiger partial charge in [0.25, 0.3) is 11.5 Å². The lowest BCUT2D eigenvalue weighted by Gasteiger charge is -2.20. The highest BCUT2D eigenvalue weighted by atomic mass is 16.2. The van der Waals surface area contributed by atoms with Gasteiger partial charge in [0, 0.05) is 18.5 Å². The van der Waals surface area contributed by atoms with Crippen molar-refractivity contribution in [3.8, 4) is 0 Å². The molecule has 0 N–H and O–H groups in total. The quantitative estimate of drug-likeness (QED) is 0.422. The summed E-state index contributed by atoms with van der Waals surface area (Å²) in [5, 5.41) is 1.33. The number of rotatable bonds is 3. The zero-order valence-electron chi connectivity index (χ0n) is 14.8. The van der Waals surface area contributed by atoms with Gasteiger partial charge in [0.2, 0.25) is 0 Å². The molecule has 130 valence electrons. The van der Waals surface area contributed by atoms with Crippen LogP contribution >= 0.6 is 0 Å². The highest BCUT2D eigenvalue weighted by Crippen LogP contribution is 2.23. The number of carbonyl (C=O) groups excluding carboxylic acids is 1. The van der Waals surface area contributed by atoms with Crippen molar-refractivity contribution < 1.29 is 4.79 Å². The van der Waals surface area contributed by atoms with Gasteiger partial charge in [-0.2, -0.15) is 0 Å². The molecular weight excluding hydrogens is 326 g/mol. The van der Waals surface area contributed by atoms with Crippen molar-refractivity contribution in [3.63, 3.8) is 0 Å². The van der Waals surface area contributed by atoms with Crippen LogP contribution in [0.15, 0.2) is 59.4 Å². The van der Waals surface area contributed by atoms with E-state index in [9.17, 15) is 9.59 Å². The van der Waals surface area contributed by atoms with E-state index >= 15 is 0 Å². The molecule has 0 unspecified atom stereocenters. The van der Waals surface area contributed by atoms with Gasteiger partial charge >= 0.3 is 0 Å². The topological polar surface area (TPSA) is 54.7 Å². The van der Waals surface area contributed by atoms with Gasteiger partial charge in [0.05, 0.1) is 22.0 Å². The lowest BCUT2D eigenvalue weighted by Crippen LogP contribution is -2.31. The Kier molecular flexibility index (Phi) is 3.92. The Balaban J connectivity index is 2.16. The number of aromatic nitrogens is 2. The maximum atomic E-state index is 13.1. The van der Waals surface area contributed by atoms with Crippen LogP contribution in [0.3, 0.4) is 0 Å². The summed E-state index contributed by atoms with van der Waals surface area (Å²) in [5.41, 5.74) is 2.27. The highest BCUT2D eigenvalue weighted by molar-refractivity contribution is 6.07. The van der Waals surface area contributed by atoms with E-state index in [1.165, 1.54) is 0 Å². The van der Waals surface area contributed by atoms with Crippen molar-refractivity contribution in [3.05, 3.63) is 70.5 Å². The fourth-order valence-corrected chi connectivity index (χ4v) is 3.44. The Morgan fingerprint density at radius 3 is 2.38 bits per heavy atom. The van der Waals surface area contributed by atoms with Crippen molar-refractivity contribution >= 4 is 33.4 Å². The summed E-state index contributed by atoms with van der Waals surface area (Å²) in [4.78, 5) is 32.5. The van der Waals surface area contributed by atoms with E-state index in [4.69, 9.17) is 0 Å². The van der Waals surface area contributed by atoms with Crippen LogP contribution in [0.2, 0.25) is 0 Å². The molecule has 2 aromatic heterocycles. The summed E-state index contributed by atoms with van der Waals surface area (Å²) in [6.45, 7) is 5.18. The van der Waals surface area contributed by atoms with Gasteiger partial charge in [-0.1, -0.05) is 30.3 Å². The number of carbonyl (C=O) groups is 1. The van der Waals surface area contributed by atoms with Crippen molar-refractivity contribution in [1.82, 2.24) is 14.3 Å². The van der Waals surface area contributed by atoms with E-state index in [0.717, 1.165) is 5.39 Å². The predicted molar refractivity (Wildman–Crippen MR) is 104 cm³/mol. The summed E-state index contributed by atoms with van der Waals surface area (Å²) >= 11 is 0. The van der Waals surface area contributed by atoms with E-state index in [1.54, 1.807) is 21.4 Å². The third-order valence-electron chi connectivity index (χ3n) is 4.79. The summed E-state index contributed by atoms with van der Waals surface area (Å²) in [5.74, 6) is -0.0453. The van der Waals surface area contributed by atoms with E-state index in [0.29, 0.717) is 40.7 Å². The number of para-hydroxylation sites is 2. The molecule has 0 saturated heterocycles. The van der Waals surface area contributed by atoms with Crippen molar-refractivity contribution in [1.29, 1.82) is 0 Å². The molecule has 0 aliphatic rings. The van der Waals surface area contributed by atoms with Gasteiger partial charge in [0.1, 0.15) is 5.65 Å². The van der Waals surface area contributed by atoms with Crippen LogP contribution in [-0.4, -0.2) is 33.3 Å². The smallest absolute Gasteiger partial charge is 0.266 e. The molecule has 2 aromatic carbocycles. The van der Waals surface area contributed by atoms with Gasteiger partial charge in [-0.05, 0) is 38.1 Å². The largest absolute Gasteiger partial charge is 0.339 e. The SMILES string of the molecule is CCN(CC)C(=O)c1cc2nc3ccccc3c(=O)n2c2ccccc12. The molecule has 5 nitrogen and oxygen atoms in total. The molecule has 4 aromatic rings. The van der Waals surface area contributed by atoms with Crippen molar-refractivity contribution in [2.45, 2.75) is 13.8 Å². The summed E-state index contributed by atoms with van der Waals surface area (Å²) in [6, 6.07) is 16.5. The molecule has 4 rings (SSSR count). The first-order valence-corrected chi connectivity index (χ1v) is 8.78. The van der Waals surface area contributed by atoms with Crippen LogP contribution < -0.4 is 5.56 Å². The minimum Gasteiger partial charge on any atom is -0.339 e. The van der Waals surface area contributed by atoms with Crippen molar-refractivity contribution in [2.75, 3.05) is 13.1 Å². The molecule has 0 spiro atoms. The third-order valence-corrected chi connectivity index (χ3v) is 4.79. The lowest BCUT2D eigenvalue weighted by molar-refractivity contribution is 0.0775. The number of hydrogen-bond donors (Lipinski definition) is 0. The number of pyridine rings is 1. The third kappa shape index (κ3) is 2.36. The molecule has 26 heavy (non-hydrogen) atoms. The van der Waals surface area contributed by atoms with Crippen LogP contribution in [0.1, 0.15) is 24.2 Å². The molecule has 2 heterocycles. The summed E-state index contributed by atoms with van der Waals surface area (Å²) < 4.78 is 1.59. The maximum absolute atomic E-state index is 13.1. The minimum absolute atomic E-state index is 0.0453. The number of hydrogen-bond acceptors (Lipinski definition) is 3. The zero-order valence-corrected chi connectivity index (χ0v) is 14.8. The zero-order chi connectivity index (χ0) is 18.3. The Morgan fingerprint density at radius 2 is 1.65 bits per heavy atom. The predicted octanol–water partition coefficient (Wildman–Crippen LogP) is 3.48. The second-order valence-corrected chi connectivity index (χ2v) is 6.18. The molecule has 0 bridgehead atoms. The van der Waals surface area contributed by atoms with Gasteiger partial charge in [-0.15, -0.1) is 0 Å². The van der Waals surface area contributed by atoms with Crippen LogP contribution in [-0.2, 0) is 0 Å². The Morgan fingerprint density at radius 1 is 1.00 bits per heavy atom. The molecule has 0 saturated carbocycles. The van der Waals surface area contributed by atoms with Crippen LogP contribution in [0.4, 0.5) is 0 Å². The Labute approximate surface area is 150 Å². The average Bonchev–Trinajstić information content (AvgIpc) is 2.68. The molecule has 0 radical (unpaired) electrons. The fraction of sp³-hybridized carbons (Fsp3) is 0.190. The van der Waals surface area contributed by atoms with Crippen LogP contribution in [0, 0.1) is 0 Å². The number of amides is 1.